The molecule has 5 heteroatoms. The fraction of sp³-hybridized carbons (Fsp3) is 0.500. The molecule has 0 radical (unpaired) electrons. The van der Waals surface area contributed by atoms with E-state index >= 15 is 0 Å². The first-order chi connectivity index (χ1) is 12.3. The summed E-state index contributed by atoms with van der Waals surface area (Å²) in [6.07, 6.45) is 5.89. The summed E-state index contributed by atoms with van der Waals surface area (Å²) >= 11 is 0. The molecule has 3 aliphatic rings. The quantitative estimate of drug-likeness (QED) is 0.930. The fourth-order valence-electron chi connectivity index (χ4n) is 4.20. The second-order valence-corrected chi connectivity index (χ2v) is 7.76. The predicted molar refractivity (Wildman–Crippen MR) is 96.9 cm³/mol. The Morgan fingerprint density at radius 2 is 2.12 bits per heavy atom. The zero-order valence-electron chi connectivity index (χ0n) is 14.4. The lowest BCUT2D eigenvalue weighted by Gasteiger charge is -2.34. The molecule has 1 N–H and O–H groups in total. The summed E-state index contributed by atoms with van der Waals surface area (Å²) in [5.41, 5.74) is 3.41. The van der Waals surface area contributed by atoms with Crippen LogP contribution in [0.3, 0.4) is 0 Å². The average molecular weight is 336 g/mol. The van der Waals surface area contributed by atoms with Gasteiger partial charge in [0.15, 0.2) is 0 Å². The third-order valence-corrected chi connectivity index (χ3v) is 5.68. The summed E-state index contributed by atoms with van der Waals surface area (Å²) in [6, 6.07) is 10.1. The van der Waals surface area contributed by atoms with E-state index in [1.807, 2.05) is 36.5 Å². The minimum atomic E-state index is 0.0402. The van der Waals surface area contributed by atoms with Crippen molar-refractivity contribution >= 4 is 11.6 Å². The van der Waals surface area contributed by atoms with Gasteiger partial charge < -0.3 is 15.0 Å². The van der Waals surface area contributed by atoms with E-state index in [1.54, 1.807) is 0 Å². The van der Waals surface area contributed by atoms with E-state index in [-0.39, 0.29) is 5.41 Å². The molecule has 1 spiro atoms. The second kappa shape index (κ2) is 6.07. The van der Waals surface area contributed by atoms with Gasteiger partial charge in [0.2, 0.25) is 5.95 Å². The van der Waals surface area contributed by atoms with E-state index in [0.29, 0.717) is 12.6 Å². The normalized spacial score (nSPS) is 25.9. The number of aromatic nitrogens is 2. The third-order valence-electron chi connectivity index (χ3n) is 5.68. The molecule has 0 amide bonds. The van der Waals surface area contributed by atoms with E-state index in [1.165, 1.54) is 25.1 Å². The van der Waals surface area contributed by atoms with Crippen LogP contribution in [0.4, 0.5) is 11.6 Å². The van der Waals surface area contributed by atoms with Crippen molar-refractivity contribution < 1.29 is 4.74 Å². The van der Waals surface area contributed by atoms with Crippen molar-refractivity contribution in [1.82, 2.24) is 14.9 Å². The standard InChI is InChI=1S/C20H24N4O/c1-2-4-17(5-3-1)22-19-21-10-16-12-25-14-20(18(16)23-19)8-9-24(13-20)11-15-6-7-15/h1-5,10,15H,6-9,11-14H2,(H,21,22,23)/t20-/m0/s1. The SMILES string of the molecule is c1ccc(Nc2ncc3c(n2)[C@]2(CCN(CC4CC4)C2)COC3)cc1. The highest BCUT2D eigenvalue weighted by atomic mass is 16.5. The van der Waals surface area contributed by atoms with Gasteiger partial charge in [-0.2, -0.15) is 0 Å². The lowest BCUT2D eigenvalue weighted by molar-refractivity contribution is 0.0505. The first-order valence-electron chi connectivity index (χ1n) is 9.29. The highest BCUT2D eigenvalue weighted by Crippen LogP contribution is 2.41. The van der Waals surface area contributed by atoms with Crippen LogP contribution in [0.5, 0.6) is 0 Å². The lowest BCUT2D eigenvalue weighted by Crippen LogP contribution is -2.40. The van der Waals surface area contributed by atoms with Crippen LogP contribution >= 0.6 is 0 Å². The zero-order chi connectivity index (χ0) is 16.7. The number of hydrogen-bond donors (Lipinski definition) is 1. The van der Waals surface area contributed by atoms with Crippen molar-refractivity contribution in [2.75, 3.05) is 31.6 Å². The van der Waals surface area contributed by atoms with Gasteiger partial charge in [0.25, 0.3) is 0 Å². The van der Waals surface area contributed by atoms with Crippen LogP contribution < -0.4 is 5.32 Å². The molecular weight excluding hydrogens is 312 g/mol. The molecule has 1 aromatic heterocycles. The number of rotatable bonds is 4. The second-order valence-electron chi connectivity index (χ2n) is 7.76. The van der Waals surface area contributed by atoms with Crippen molar-refractivity contribution in [2.45, 2.75) is 31.3 Å². The summed E-state index contributed by atoms with van der Waals surface area (Å²) in [7, 11) is 0. The first-order valence-corrected chi connectivity index (χ1v) is 9.29. The van der Waals surface area contributed by atoms with Gasteiger partial charge in [0, 0.05) is 30.5 Å². The summed E-state index contributed by atoms with van der Waals surface area (Å²) in [5.74, 6) is 1.62. The van der Waals surface area contributed by atoms with Crippen molar-refractivity contribution in [3.8, 4) is 0 Å². The van der Waals surface area contributed by atoms with Crippen LogP contribution in [0, 0.1) is 5.92 Å². The molecule has 25 heavy (non-hydrogen) atoms. The van der Waals surface area contributed by atoms with E-state index in [0.717, 1.165) is 43.3 Å². The van der Waals surface area contributed by atoms with Crippen LogP contribution in [0.1, 0.15) is 30.5 Å². The van der Waals surface area contributed by atoms with Crippen molar-refractivity contribution in [1.29, 1.82) is 0 Å². The first kappa shape index (κ1) is 15.3. The largest absolute Gasteiger partial charge is 0.376 e. The predicted octanol–water partition coefficient (Wildman–Crippen LogP) is 3.10. The van der Waals surface area contributed by atoms with Gasteiger partial charge >= 0.3 is 0 Å². The maximum Gasteiger partial charge on any atom is 0.227 e. The van der Waals surface area contributed by atoms with Gasteiger partial charge in [0.05, 0.1) is 24.3 Å². The third kappa shape index (κ3) is 3.02. The van der Waals surface area contributed by atoms with E-state index in [4.69, 9.17) is 9.72 Å². The van der Waals surface area contributed by atoms with Crippen molar-refractivity contribution in [3.05, 3.63) is 47.8 Å². The van der Waals surface area contributed by atoms with Crippen LogP contribution in [-0.4, -0.2) is 41.1 Å². The summed E-state index contributed by atoms with van der Waals surface area (Å²) in [4.78, 5) is 12.1. The molecule has 5 nitrogen and oxygen atoms in total. The molecule has 0 unspecified atom stereocenters. The molecule has 3 heterocycles. The number of fused-ring (bicyclic) bond motifs is 2. The maximum atomic E-state index is 5.93. The summed E-state index contributed by atoms with van der Waals surface area (Å²) < 4.78 is 5.93. The molecule has 1 atom stereocenters. The minimum Gasteiger partial charge on any atom is -0.376 e. The molecule has 5 rings (SSSR count). The number of para-hydroxylation sites is 1. The number of nitrogens with one attached hydrogen (secondary N) is 1. The lowest BCUT2D eigenvalue weighted by atomic mass is 9.80. The van der Waals surface area contributed by atoms with Crippen molar-refractivity contribution in [2.24, 2.45) is 5.92 Å². The molecule has 2 fully saturated rings. The van der Waals surface area contributed by atoms with Crippen LogP contribution in [0.25, 0.3) is 0 Å². The van der Waals surface area contributed by atoms with Gasteiger partial charge in [-0.1, -0.05) is 18.2 Å². The zero-order valence-corrected chi connectivity index (χ0v) is 14.4. The Labute approximate surface area is 148 Å². The number of likely N-dealkylation sites (tertiary alicyclic amines) is 1. The molecular formula is C20H24N4O. The van der Waals surface area contributed by atoms with Gasteiger partial charge in [-0.15, -0.1) is 0 Å². The van der Waals surface area contributed by atoms with Gasteiger partial charge in [-0.05, 0) is 43.9 Å². The van der Waals surface area contributed by atoms with Crippen LogP contribution in [0.15, 0.2) is 36.5 Å². The van der Waals surface area contributed by atoms with E-state index in [9.17, 15) is 0 Å². The summed E-state index contributed by atoms with van der Waals surface area (Å²) in [6.45, 7) is 4.88. The highest BCUT2D eigenvalue weighted by Gasteiger charge is 2.45. The van der Waals surface area contributed by atoms with Gasteiger partial charge in [-0.25, -0.2) is 9.97 Å². The Balaban J connectivity index is 1.42. The molecule has 0 bridgehead atoms. The molecule has 1 aliphatic carbocycles. The molecule has 1 saturated heterocycles. The average Bonchev–Trinajstić information content (AvgIpc) is 3.37. The summed E-state index contributed by atoms with van der Waals surface area (Å²) in [5, 5.41) is 3.34. The minimum absolute atomic E-state index is 0.0402. The molecule has 130 valence electrons. The number of benzene rings is 1. The fourth-order valence-corrected chi connectivity index (χ4v) is 4.20. The van der Waals surface area contributed by atoms with Crippen LogP contribution in [0.2, 0.25) is 0 Å². The number of anilines is 2. The van der Waals surface area contributed by atoms with E-state index in [2.05, 4.69) is 15.2 Å². The number of ether oxygens (including phenoxy) is 1. The van der Waals surface area contributed by atoms with Crippen LogP contribution in [-0.2, 0) is 16.8 Å². The van der Waals surface area contributed by atoms with E-state index < -0.39 is 0 Å². The number of hydrogen-bond acceptors (Lipinski definition) is 5. The number of nitrogens with zero attached hydrogens (tertiary/aromatic N) is 3. The highest BCUT2D eigenvalue weighted by molar-refractivity contribution is 5.53. The molecule has 2 aromatic rings. The maximum absolute atomic E-state index is 5.93. The topological polar surface area (TPSA) is 50.3 Å². The van der Waals surface area contributed by atoms with Gasteiger partial charge in [0.1, 0.15) is 0 Å². The van der Waals surface area contributed by atoms with Crippen molar-refractivity contribution in [3.63, 3.8) is 0 Å². The monoisotopic (exact) mass is 336 g/mol. The molecule has 1 aromatic carbocycles. The Bertz CT molecular complexity index is 762. The Hall–Kier alpha value is -1.98. The Morgan fingerprint density at radius 1 is 1.24 bits per heavy atom. The molecule has 2 aliphatic heterocycles. The Kier molecular flexibility index (Phi) is 3.71. The smallest absolute Gasteiger partial charge is 0.227 e. The van der Waals surface area contributed by atoms with Gasteiger partial charge in [-0.3, -0.25) is 0 Å². The Morgan fingerprint density at radius 3 is 2.96 bits per heavy atom. The molecule has 1 saturated carbocycles.